The first-order valence-corrected chi connectivity index (χ1v) is 10.5. The van der Waals surface area contributed by atoms with Crippen molar-refractivity contribution < 1.29 is 30.0 Å². The molecular formula is C27H32IrNO2-. The summed E-state index contributed by atoms with van der Waals surface area (Å²) in [4.78, 5) is 15.9. The molecule has 0 spiro atoms. The molecule has 0 bridgehead atoms. The third-order valence-electron chi connectivity index (χ3n) is 4.40. The third kappa shape index (κ3) is 9.59. The SMILES string of the molecule is CC(C)CC(=O)/C=C(\O)CC(C)C.Cc1c[c-]c(-c2ccc3ccccc3n2)cc1.[Ir]. The van der Waals surface area contributed by atoms with Crippen molar-refractivity contribution in [1.82, 2.24) is 4.98 Å². The summed E-state index contributed by atoms with van der Waals surface area (Å²) in [7, 11) is 0. The molecule has 2 aromatic carbocycles. The van der Waals surface area contributed by atoms with Crippen molar-refractivity contribution in [3.05, 3.63) is 78.1 Å². The molecule has 1 N–H and O–H groups in total. The summed E-state index contributed by atoms with van der Waals surface area (Å²) in [5, 5.41) is 10.5. The van der Waals surface area contributed by atoms with Gasteiger partial charge in [-0.3, -0.25) is 9.78 Å². The van der Waals surface area contributed by atoms with Gasteiger partial charge in [0.2, 0.25) is 0 Å². The Morgan fingerprint density at radius 2 is 1.68 bits per heavy atom. The first-order chi connectivity index (χ1) is 14.2. The number of allylic oxidation sites excluding steroid dienone is 2. The van der Waals surface area contributed by atoms with Crippen molar-refractivity contribution in [1.29, 1.82) is 0 Å². The molecule has 0 aliphatic rings. The van der Waals surface area contributed by atoms with Crippen molar-refractivity contribution in [2.45, 2.75) is 47.5 Å². The van der Waals surface area contributed by atoms with Gasteiger partial charge in [-0.05, 0) is 29.0 Å². The fraction of sp³-hybridized carbons (Fsp3) is 0.333. The normalized spacial score (nSPS) is 11.1. The fourth-order valence-electron chi connectivity index (χ4n) is 3.00. The van der Waals surface area contributed by atoms with Crippen LogP contribution in [0.4, 0.5) is 0 Å². The van der Waals surface area contributed by atoms with Crippen LogP contribution in [0.15, 0.2) is 66.4 Å². The number of benzene rings is 2. The second-order valence-corrected chi connectivity index (χ2v) is 8.47. The molecule has 1 radical (unpaired) electrons. The van der Waals surface area contributed by atoms with Crippen molar-refractivity contribution in [2.24, 2.45) is 11.8 Å². The molecule has 0 fully saturated rings. The third-order valence-corrected chi connectivity index (χ3v) is 4.40. The van der Waals surface area contributed by atoms with Gasteiger partial charge in [0, 0.05) is 39.0 Å². The summed E-state index contributed by atoms with van der Waals surface area (Å²) in [6, 6.07) is 21.7. The number of pyridine rings is 1. The number of carbonyl (C=O) groups excluding carboxylic acids is 1. The monoisotopic (exact) mass is 595 g/mol. The molecule has 0 saturated heterocycles. The molecule has 0 unspecified atom stereocenters. The summed E-state index contributed by atoms with van der Waals surface area (Å²) in [6.07, 6.45) is 2.46. The van der Waals surface area contributed by atoms with E-state index in [0.29, 0.717) is 24.7 Å². The minimum Gasteiger partial charge on any atom is -0.512 e. The van der Waals surface area contributed by atoms with Crippen LogP contribution in [0.1, 0.15) is 46.1 Å². The van der Waals surface area contributed by atoms with Crippen molar-refractivity contribution in [3.63, 3.8) is 0 Å². The number of aromatic nitrogens is 1. The summed E-state index contributed by atoms with van der Waals surface area (Å²) in [5.74, 6) is 0.979. The Morgan fingerprint density at radius 1 is 1.00 bits per heavy atom. The van der Waals surface area contributed by atoms with Gasteiger partial charge < -0.3 is 5.11 Å². The van der Waals surface area contributed by atoms with Crippen LogP contribution >= 0.6 is 0 Å². The first kappa shape index (κ1) is 26.7. The van der Waals surface area contributed by atoms with E-state index in [-0.39, 0.29) is 31.6 Å². The number of nitrogens with zero attached hydrogens (tertiary/aromatic N) is 1. The molecule has 0 aliphatic carbocycles. The smallest absolute Gasteiger partial charge is 0.159 e. The molecule has 0 aliphatic heterocycles. The minimum absolute atomic E-state index is 0. The van der Waals surface area contributed by atoms with E-state index >= 15 is 0 Å². The Labute approximate surface area is 200 Å². The van der Waals surface area contributed by atoms with Crippen LogP contribution in [0.5, 0.6) is 0 Å². The van der Waals surface area contributed by atoms with E-state index in [2.05, 4.69) is 42.2 Å². The Balaban J connectivity index is 0.000000314. The second-order valence-electron chi connectivity index (χ2n) is 8.47. The summed E-state index contributed by atoms with van der Waals surface area (Å²) < 4.78 is 0. The average molecular weight is 595 g/mol. The number of hydrogen-bond acceptors (Lipinski definition) is 3. The Bertz CT molecular complexity index is 992. The first-order valence-electron chi connectivity index (χ1n) is 10.5. The largest absolute Gasteiger partial charge is 0.512 e. The van der Waals surface area contributed by atoms with E-state index < -0.39 is 0 Å². The molecule has 3 nitrogen and oxygen atoms in total. The maximum Gasteiger partial charge on any atom is 0.159 e. The Morgan fingerprint density at radius 3 is 2.29 bits per heavy atom. The number of aliphatic hydroxyl groups is 1. The van der Waals surface area contributed by atoms with Crippen LogP contribution in [-0.2, 0) is 24.9 Å². The van der Waals surface area contributed by atoms with E-state index in [1.54, 1.807) is 0 Å². The number of fused-ring (bicyclic) bond motifs is 1. The quantitative estimate of drug-likeness (QED) is 0.188. The zero-order valence-electron chi connectivity index (χ0n) is 19.0. The van der Waals surface area contributed by atoms with E-state index in [9.17, 15) is 9.90 Å². The number of para-hydroxylation sites is 1. The van der Waals surface area contributed by atoms with Crippen LogP contribution < -0.4 is 0 Å². The maximum atomic E-state index is 11.2. The van der Waals surface area contributed by atoms with Crippen LogP contribution in [0.3, 0.4) is 0 Å². The molecule has 3 aromatic rings. The predicted octanol–water partition coefficient (Wildman–Crippen LogP) is 7.10. The van der Waals surface area contributed by atoms with Crippen molar-refractivity contribution in [2.75, 3.05) is 0 Å². The van der Waals surface area contributed by atoms with Gasteiger partial charge in [0.1, 0.15) is 0 Å². The van der Waals surface area contributed by atoms with Crippen LogP contribution in [0.25, 0.3) is 22.2 Å². The fourth-order valence-corrected chi connectivity index (χ4v) is 3.00. The molecule has 1 aromatic heterocycles. The zero-order chi connectivity index (χ0) is 22.1. The standard InChI is InChI=1S/C16H12N.C11H20O2.Ir/c1-12-6-8-14(9-7-12)16-11-10-13-4-2-3-5-15(13)17-16;1-8(2)5-10(12)7-11(13)6-9(3)4;/h2-8,10-11H,1H3;7-9,12H,5-6H2,1-4H3;/q-1;;/b;10-7-;. The van der Waals surface area contributed by atoms with Crippen LogP contribution in [0.2, 0.25) is 0 Å². The van der Waals surface area contributed by atoms with Gasteiger partial charge >= 0.3 is 0 Å². The molecule has 3 rings (SSSR count). The van der Waals surface area contributed by atoms with Gasteiger partial charge in [-0.1, -0.05) is 65.0 Å². The number of hydrogen-bond donors (Lipinski definition) is 1. The van der Waals surface area contributed by atoms with E-state index in [1.807, 2.05) is 58.0 Å². The van der Waals surface area contributed by atoms with Gasteiger partial charge in [0.05, 0.1) is 11.3 Å². The van der Waals surface area contributed by atoms with Crippen LogP contribution in [-0.4, -0.2) is 15.9 Å². The molecular weight excluding hydrogens is 563 g/mol. The molecule has 0 atom stereocenters. The molecule has 167 valence electrons. The van der Waals surface area contributed by atoms with Gasteiger partial charge in [-0.15, -0.1) is 35.4 Å². The molecule has 4 heteroatoms. The predicted molar refractivity (Wildman–Crippen MR) is 125 cm³/mol. The number of carbonyl (C=O) groups is 1. The van der Waals surface area contributed by atoms with Crippen molar-refractivity contribution >= 4 is 16.7 Å². The molecule has 0 saturated carbocycles. The topological polar surface area (TPSA) is 50.2 Å². The minimum atomic E-state index is 0. The molecule has 1 heterocycles. The van der Waals surface area contributed by atoms with E-state index in [0.717, 1.165) is 16.8 Å². The van der Waals surface area contributed by atoms with E-state index in [1.165, 1.54) is 17.0 Å². The Hall–Kier alpha value is -2.29. The second kappa shape index (κ2) is 13.2. The summed E-state index contributed by atoms with van der Waals surface area (Å²) >= 11 is 0. The number of aryl methyl sites for hydroxylation is 1. The molecule has 0 amide bonds. The van der Waals surface area contributed by atoms with Gasteiger partial charge in [0.25, 0.3) is 0 Å². The Kier molecular flexibility index (Phi) is 11.4. The number of rotatable bonds is 6. The molecule has 31 heavy (non-hydrogen) atoms. The maximum absolute atomic E-state index is 11.2. The number of aliphatic hydroxyl groups excluding tert-OH is 1. The summed E-state index contributed by atoms with van der Waals surface area (Å²) in [6.45, 7) is 10.1. The van der Waals surface area contributed by atoms with Gasteiger partial charge in [0.15, 0.2) is 5.78 Å². The average Bonchev–Trinajstić information content (AvgIpc) is 2.67. The van der Waals surface area contributed by atoms with Gasteiger partial charge in [-0.2, -0.15) is 0 Å². The summed E-state index contributed by atoms with van der Waals surface area (Å²) in [5.41, 5.74) is 4.26. The zero-order valence-corrected chi connectivity index (χ0v) is 21.4. The number of ketones is 1. The van der Waals surface area contributed by atoms with E-state index in [4.69, 9.17) is 0 Å². The van der Waals surface area contributed by atoms with Crippen LogP contribution in [0, 0.1) is 24.8 Å². The van der Waals surface area contributed by atoms with Gasteiger partial charge in [-0.25, -0.2) is 0 Å². The van der Waals surface area contributed by atoms with Crippen molar-refractivity contribution in [3.8, 4) is 11.3 Å².